The van der Waals surface area contributed by atoms with E-state index in [1.807, 2.05) is 0 Å². The summed E-state index contributed by atoms with van der Waals surface area (Å²) in [6.45, 7) is 7.37. The molecular weight excluding hydrogens is 296 g/mol. The number of piperazine rings is 1. The van der Waals surface area contributed by atoms with Gasteiger partial charge in [0.2, 0.25) is 0 Å². The molecular formula is C20H24N4. The molecule has 0 amide bonds. The van der Waals surface area contributed by atoms with Gasteiger partial charge in [-0.3, -0.25) is 4.90 Å². The van der Waals surface area contributed by atoms with Gasteiger partial charge in [-0.15, -0.1) is 0 Å². The smallest absolute Gasteiger partial charge is 0.123 e. The molecule has 24 heavy (non-hydrogen) atoms. The van der Waals surface area contributed by atoms with Gasteiger partial charge < -0.3 is 9.47 Å². The highest BCUT2D eigenvalue weighted by atomic mass is 15.3. The molecule has 3 aromatic rings. The Morgan fingerprint density at radius 2 is 1.62 bits per heavy atom. The molecule has 0 bridgehead atoms. The summed E-state index contributed by atoms with van der Waals surface area (Å²) in [7, 11) is 2.12. The van der Waals surface area contributed by atoms with Crippen LogP contribution in [0.5, 0.6) is 0 Å². The Kier molecular flexibility index (Phi) is 3.98. The molecule has 0 aliphatic carbocycles. The second-order valence-electron chi connectivity index (χ2n) is 6.67. The fourth-order valence-electron chi connectivity index (χ4n) is 3.46. The summed E-state index contributed by atoms with van der Waals surface area (Å²) in [5, 5.41) is 0. The van der Waals surface area contributed by atoms with Gasteiger partial charge >= 0.3 is 0 Å². The quantitative estimate of drug-likeness (QED) is 0.741. The molecule has 4 heteroatoms. The van der Waals surface area contributed by atoms with E-state index in [9.17, 15) is 0 Å². The minimum Gasteiger partial charge on any atom is -0.369 e. The lowest BCUT2D eigenvalue weighted by Gasteiger charge is -2.36. The van der Waals surface area contributed by atoms with Gasteiger partial charge in [0.25, 0.3) is 0 Å². The molecule has 0 atom stereocenters. The number of aromatic nitrogens is 2. The zero-order chi connectivity index (χ0) is 16.5. The summed E-state index contributed by atoms with van der Waals surface area (Å²) in [6.07, 6.45) is 0. The molecule has 0 unspecified atom stereocenters. The predicted molar refractivity (Wildman–Crippen MR) is 99.4 cm³/mol. The van der Waals surface area contributed by atoms with Gasteiger partial charge in [-0.05, 0) is 31.2 Å². The van der Waals surface area contributed by atoms with E-state index in [4.69, 9.17) is 4.98 Å². The third-order valence-electron chi connectivity index (χ3n) is 5.02. The number of fused-ring (bicyclic) bond motifs is 1. The van der Waals surface area contributed by atoms with Crippen LogP contribution >= 0.6 is 0 Å². The number of hydrogen-bond donors (Lipinski definition) is 0. The van der Waals surface area contributed by atoms with E-state index in [1.54, 1.807) is 0 Å². The Labute approximate surface area is 143 Å². The SMILES string of the molecule is Cc1ccc(N2CCN(Cc3nc4ccccc4n3C)CC2)cc1. The molecule has 0 saturated carbocycles. The number of para-hydroxylation sites is 2. The summed E-state index contributed by atoms with van der Waals surface area (Å²) in [4.78, 5) is 9.78. The van der Waals surface area contributed by atoms with Gasteiger partial charge in [0.1, 0.15) is 5.82 Å². The molecule has 1 aromatic heterocycles. The van der Waals surface area contributed by atoms with Gasteiger partial charge in [-0.1, -0.05) is 29.8 Å². The normalized spacial score (nSPS) is 16.0. The highest BCUT2D eigenvalue weighted by molar-refractivity contribution is 5.75. The highest BCUT2D eigenvalue weighted by Crippen LogP contribution is 2.19. The van der Waals surface area contributed by atoms with Crippen molar-refractivity contribution < 1.29 is 0 Å². The van der Waals surface area contributed by atoms with Crippen molar-refractivity contribution in [3.8, 4) is 0 Å². The first-order chi connectivity index (χ1) is 11.7. The molecule has 1 saturated heterocycles. The molecule has 0 N–H and O–H groups in total. The minimum atomic E-state index is 0.924. The van der Waals surface area contributed by atoms with Crippen LogP contribution in [0.3, 0.4) is 0 Å². The summed E-state index contributed by atoms with van der Waals surface area (Å²) in [5.74, 6) is 1.15. The Hall–Kier alpha value is -2.33. The first kappa shape index (κ1) is 15.2. The van der Waals surface area contributed by atoms with E-state index >= 15 is 0 Å². The summed E-state index contributed by atoms with van der Waals surface area (Å²) >= 11 is 0. The zero-order valence-electron chi connectivity index (χ0n) is 14.4. The second kappa shape index (κ2) is 6.29. The number of benzene rings is 2. The maximum absolute atomic E-state index is 4.80. The number of hydrogen-bond acceptors (Lipinski definition) is 3. The minimum absolute atomic E-state index is 0.924. The van der Waals surface area contributed by atoms with E-state index in [0.717, 1.165) is 44.1 Å². The molecule has 1 aliphatic heterocycles. The Morgan fingerprint density at radius 3 is 2.33 bits per heavy atom. The average Bonchev–Trinajstić information content (AvgIpc) is 2.93. The number of anilines is 1. The van der Waals surface area contributed by atoms with Crippen LogP contribution in [0, 0.1) is 6.92 Å². The van der Waals surface area contributed by atoms with E-state index in [-0.39, 0.29) is 0 Å². The van der Waals surface area contributed by atoms with Crippen molar-refractivity contribution in [3.63, 3.8) is 0 Å². The third kappa shape index (κ3) is 2.89. The Balaban J connectivity index is 1.42. The Bertz CT molecular complexity index is 826. The van der Waals surface area contributed by atoms with Gasteiger partial charge in [0.15, 0.2) is 0 Å². The van der Waals surface area contributed by atoms with Gasteiger partial charge in [-0.25, -0.2) is 4.98 Å². The molecule has 4 rings (SSSR count). The Morgan fingerprint density at radius 1 is 0.917 bits per heavy atom. The maximum atomic E-state index is 4.80. The van der Waals surface area contributed by atoms with E-state index in [0.29, 0.717) is 0 Å². The molecule has 1 fully saturated rings. The first-order valence-corrected chi connectivity index (χ1v) is 8.65. The van der Waals surface area contributed by atoms with E-state index < -0.39 is 0 Å². The third-order valence-corrected chi connectivity index (χ3v) is 5.02. The molecule has 124 valence electrons. The van der Waals surface area contributed by atoms with Crippen molar-refractivity contribution in [1.82, 2.24) is 14.5 Å². The number of imidazole rings is 1. The summed E-state index contributed by atoms with van der Waals surface area (Å²) in [5.41, 5.74) is 4.96. The predicted octanol–water partition coefficient (Wildman–Crippen LogP) is 3.20. The van der Waals surface area contributed by atoms with Crippen molar-refractivity contribution in [2.75, 3.05) is 31.1 Å². The van der Waals surface area contributed by atoms with Crippen LogP contribution in [0.1, 0.15) is 11.4 Å². The van der Waals surface area contributed by atoms with Crippen molar-refractivity contribution in [1.29, 1.82) is 0 Å². The largest absolute Gasteiger partial charge is 0.369 e. The second-order valence-corrected chi connectivity index (χ2v) is 6.67. The molecule has 4 nitrogen and oxygen atoms in total. The highest BCUT2D eigenvalue weighted by Gasteiger charge is 2.19. The fraction of sp³-hybridized carbons (Fsp3) is 0.350. The standard InChI is InChI=1S/C20H24N4/c1-16-7-9-17(10-8-16)24-13-11-23(12-14-24)15-20-21-18-5-3-4-6-19(18)22(20)2/h3-10H,11-15H2,1-2H3. The molecule has 0 radical (unpaired) electrons. The lowest BCUT2D eigenvalue weighted by Crippen LogP contribution is -2.46. The lowest BCUT2D eigenvalue weighted by molar-refractivity contribution is 0.242. The van der Waals surface area contributed by atoms with Crippen LogP contribution in [0.15, 0.2) is 48.5 Å². The zero-order valence-corrected chi connectivity index (χ0v) is 14.4. The van der Waals surface area contributed by atoms with Crippen molar-refractivity contribution in [2.45, 2.75) is 13.5 Å². The average molecular weight is 320 g/mol. The van der Waals surface area contributed by atoms with Crippen LogP contribution < -0.4 is 4.90 Å². The monoisotopic (exact) mass is 320 g/mol. The maximum Gasteiger partial charge on any atom is 0.123 e. The van der Waals surface area contributed by atoms with Crippen molar-refractivity contribution in [2.24, 2.45) is 7.05 Å². The number of aryl methyl sites for hydroxylation is 2. The van der Waals surface area contributed by atoms with Gasteiger partial charge in [0.05, 0.1) is 17.6 Å². The van der Waals surface area contributed by atoms with Crippen molar-refractivity contribution in [3.05, 3.63) is 59.9 Å². The van der Waals surface area contributed by atoms with Crippen LogP contribution in [0.25, 0.3) is 11.0 Å². The molecule has 2 heterocycles. The number of nitrogens with zero attached hydrogens (tertiary/aromatic N) is 4. The van der Waals surface area contributed by atoms with E-state index in [1.165, 1.54) is 16.8 Å². The summed E-state index contributed by atoms with van der Waals surface area (Å²) in [6, 6.07) is 17.2. The molecule has 1 aliphatic rings. The topological polar surface area (TPSA) is 24.3 Å². The van der Waals surface area contributed by atoms with Crippen molar-refractivity contribution >= 4 is 16.7 Å². The van der Waals surface area contributed by atoms with Crippen LogP contribution in [0.2, 0.25) is 0 Å². The van der Waals surface area contributed by atoms with Crippen LogP contribution in [-0.2, 0) is 13.6 Å². The first-order valence-electron chi connectivity index (χ1n) is 8.65. The molecule has 2 aromatic carbocycles. The molecule has 0 spiro atoms. The summed E-state index contributed by atoms with van der Waals surface area (Å²) < 4.78 is 2.22. The van der Waals surface area contributed by atoms with Crippen LogP contribution in [-0.4, -0.2) is 40.6 Å². The van der Waals surface area contributed by atoms with E-state index in [2.05, 4.69) is 76.9 Å². The fourth-order valence-corrected chi connectivity index (χ4v) is 3.46. The van der Waals surface area contributed by atoms with Crippen LogP contribution in [0.4, 0.5) is 5.69 Å². The number of rotatable bonds is 3. The lowest BCUT2D eigenvalue weighted by atomic mass is 10.2. The van der Waals surface area contributed by atoms with Gasteiger partial charge in [0, 0.05) is 38.9 Å². The van der Waals surface area contributed by atoms with Gasteiger partial charge in [-0.2, -0.15) is 0 Å².